The monoisotopic (exact) mass is 388 g/mol. The number of ether oxygens (including phenoxy) is 2. The van der Waals surface area contributed by atoms with E-state index in [1.165, 1.54) is 44.9 Å². The molecule has 0 aliphatic heterocycles. The zero-order valence-corrected chi connectivity index (χ0v) is 18.4. The van der Waals surface area contributed by atoms with Crippen molar-refractivity contribution in [1.82, 2.24) is 0 Å². The fraction of sp³-hybridized carbons (Fsp3) is 0.944. The van der Waals surface area contributed by atoms with Gasteiger partial charge in [-0.25, -0.2) is 0 Å². The van der Waals surface area contributed by atoms with Crippen molar-refractivity contribution >= 4 is 23.1 Å². The average molecular weight is 390 g/mol. The van der Waals surface area contributed by atoms with Crippen LogP contribution in [0, 0.1) is 18.3 Å². The first-order valence-electron chi connectivity index (χ1n) is 8.64. The predicted molar refractivity (Wildman–Crippen MR) is 93.4 cm³/mol. The quantitative estimate of drug-likeness (QED) is 0.185. The van der Waals surface area contributed by atoms with Crippen molar-refractivity contribution in [2.75, 3.05) is 20.0 Å². The molecule has 0 aromatic carbocycles. The first kappa shape index (κ1) is 28.0. The number of halogens is 1. The molecule has 0 N–H and O–H groups in total. The Hall–Kier alpha value is 1.17. The maximum atomic E-state index is 5.51. The van der Waals surface area contributed by atoms with Crippen LogP contribution in [0.15, 0.2) is 0 Å². The summed E-state index contributed by atoms with van der Waals surface area (Å²) in [7, 11) is 0. The molecule has 22 heavy (non-hydrogen) atoms. The predicted octanol–water partition coefficient (Wildman–Crippen LogP) is 2.24. The Morgan fingerprint density at radius 2 is 1.55 bits per heavy atom. The fourth-order valence-electron chi connectivity index (χ4n) is 2.64. The summed E-state index contributed by atoms with van der Waals surface area (Å²) in [6.07, 6.45) is 12.3. The van der Waals surface area contributed by atoms with Gasteiger partial charge >= 0.3 is 23.1 Å². The van der Waals surface area contributed by atoms with Crippen LogP contribution in [0.1, 0.15) is 79.1 Å². The van der Waals surface area contributed by atoms with E-state index in [0.29, 0.717) is 6.79 Å². The number of rotatable bonds is 15. The topological polar surface area (TPSA) is 18.5 Å². The Kier molecular flexibility index (Phi) is 28.2. The zero-order chi connectivity index (χ0) is 15.1. The maximum absolute atomic E-state index is 5.51. The minimum atomic E-state index is 0. The Morgan fingerprint density at radius 3 is 2.14 bits per heavy atom. The Morgan fingerprint density at radius 1 is 0.909 bits per heavy atom. The summed E-state index contributed by atoms with van der Waals surface area (Å²) < 4.78 is 11.0. The molecule has 0 aliphatic carbocycles. The molecule has 0 fully saturated rings. The molecule has 0 aromatic heterocycles. The standard InChI is InChI=1S/C18H37O2.BrH.Mg/c1-5-7-8-9-13-19-16-20-14-10-12-18(4)15-17(3)11-6-2;;/h6,17-18H,5,7-16H2,1-4H3;1H;/q-1;;+2/p-1. The molecule has 0 radical (unpaired) electrons. The minimum absolute atomic E-state index is 0. The Balaban J connectivity index is -0.00000180. The van der Waals surface area contributed by atoms with Gasteiger partial charge in [0, 0.05) is 13.2 Å². The second-order valence-corrected chi connectivity index (χ2v) is 6.23. The maximum Gasteiger partial charge on any atom is 2.00 e. The van der Waals surface area contributed by atoms with Gasteiger partial charge in [-0.15, -0.1) is 0 Å². The van der Waals surface area contributed by atoms with Crippen molar-refractivity contribution in [3.8, 4) is 0 Å². The number of unbranched alkanes of at least 4 members (excludes halogenated alkanes) is 3. The van der Waals surface area contributed by atoms with Gasteiger partial charge in [0.2, 0.25) is 0 Å². The van der Waals surface area contributed by atoms with Crippen molar-refractivity contribution < 1.29 is 26.5 Å². The van der Waals surface area contributed by atoms with Gasteiger partial charge in [-0.05, 0) is 25.2 Å². The molecule has 0 rings (SSSR count). The molecule has 2 unspecified atom stereocenters. The van der Waals surface area contributed by atoms with Crippen LogP contribution in [0.25, 0.3) is 0 Å². The summed E-state index contributed by atoms with van der Waals surface area (Å²) in [5, 5.41) is 0. The molecule has 130 valence electrons. The van der Waals surface area contributed by atoms with E-state index in [-0.39, 0.29) is 40.0 Å². The average Bonchev–Trinajstić information content (AvgIpc) is 2.41. The second kappa shape index (κ2) is 22.2. The van der Waals surface area contributed by atoms with E-state index in [0.717, 1.165) is 31.5 Å². The van der Waals surface area contributed by atoms with Crippen LogP contribution in [0.4, 0.5) is 0 Å². The molecule has 0 bridgehead atoms. The molecule has 0 spiro atoms. The molecule has 0 saturated heterocycles. The van der Waals surface area contributed by atoms with Crippen molar-refractivity contribution in [2.24, 2.45) is 11.8 Å². The first-order valence-corrected chi connectivity index (χ1v) is 8.64. The molecule has 2 atom stereocenters. The normalized spacial score (nSPS) is 13.1. The molecular weight excluding hydrogens is 352 g/mol. The SMILES string of the molecule is C[CH-]CC(C)CC(C)CCCOCOCCCCCC.[Br-].[Mg+2]. The second-order valence-electron chi connectivity index (χ2n) is 6.23. The van der Waals surface area contributed by atoms with E-state index in [1.54, 1.807) is 0 Å². The first-order chi connectivity index (χ1) is 9.70. The van der Waals surface area contributed by atoms with Gasteiger partial charge in [0.25, 0.3) is 0 Å². The van der Waals surface area contributed by atoms with Crippen LogP contribution in [0.2, 0.25) is 0 Å². The van der Waals surface area contributed by atoms with Gasteiger partial charge < -0.3 is 32.9 Å². The van der Waals surface area contributed by atoms with Gasteiger partial charge in [0.05, 0.1) is 0 Å². The number of hydrogen-bond donors (Lipinski definition) is 0. The van der Waals surface area contributed by atoms with E-state index in [2.05, 4.69) is 34.1 Å². The summed E-state index contributed by atoms with van der Waals surface area (Å²) in [5.74, 6) is 1.63. The van der Waals surface area contributed by atoms with Crippen molar-refractivity contribution in [3.05, 3.63) is 6.42 Å². The summed E-state index contributed by atoms with van der Waals surface area (Å²) >= 11 is 0. The van der Waals surface area contributed by atoms with E-state index >= 15 is 0 Å². The third kappa shape index (κ3) is 21.2. The molecule has 0 heterocycles. The molecule has 0 aromatic rings. The van der Waals surface area contributed by atoms with Crippen LogP contribution in [0.3, 0.4) is 0 Å². The summed E-state index contributed by atoms with van der Waals surface area (Å²) in [4.78, 5) is 0. The molecule has 0 aliphatic rings. The smallest absolute Gasteiger partial charge is 1.00 e. The third-order valence-corrected chi connectivity index (χ3v) is 3.74. The van der Waals surface area contributed by atoms with E-state index in [4.69, 9.17) is 9.47 Å². The van der Waals surface area contributed by atoms with Crippen molar-refractivity contribution in [2.45, 2.75) is 79.1 Å². The summed E-state index contributed by atoms with van der Waals surface area (Å²) in [6.45, 7) is 11.2. The van der Waals surface area contributed by atoms with Crippen molar-refractivity contribution in [3.63, 3.8) is 0 Å². The number of hydrogen-bond acceptors (Lipinski definition) is 2. The van der Waals surface area contributed by atoms with Gasteiger partial charge in [-0.3, -0.25) is 0 Å². The van der Waals surface area contributed by atoms with Crippen LogP contribution in [-0.2, 0) is 9.47 Å². The fourth-order valence-corrected chi connectivity index (χ4v) is 2.64. The van der Waals surface area contributed by atoms with Crippen LogP contribution in [0.5, 0.6) is 0 Å². The van der Waals surface area contributed by atoms with Gasteiger partial charge in [0.15, 0.2) is 0 Å². The molecule has 2 nitrogen and oxygen atoms in total. The van der Waals surface area contributed by atoms with E-state index in [1.807, 2.05) is 0 Å². The molecule has 0 saturated carbocycles. The summed E-state index contributed by atoms with van der Waals surface area (Å²) in [5.41, 5.74) is 0. The van der Waals surface area contributed by atoms with Crippen molar-refractivity contribution in [1.29, 1.82) is 0 Å². The molecular formula is C18H37BrMgO2. The Bertz CT molecular complexity index is 194. The third-order valence-electron chi connectivity index (χ3n) is 3.74. The molecule has 4 heteroatoms. The molecule has 0 amide bonds. The van der Waals surface area contributed by atoms with Gasteiger partial charge in [-0.1, -0.05) is 52.4 Å². The zero-order valence-electron chi connectivity index (χ0n) is 15.4. The van der Waals surface area contributed by atoms with Gasteiger partial charge in [-0.2, -0.15) is 13.3 Å². The summed E-state index contributed by atoms with van der Waals surface area (Å²) in [6, 6.07) is 0. The van der Waals surface area contributed by atoms with E-state index in [9.17, 15) is 0 Å². The van der Waals surface area contributed by atoms with Crippen LogP contribution < -0.4 is 17.0 Å². The van der Waals surface area contributed by atoms with Gasteiger partial charge in [0.1, 0.15) is 6.79 Å². The largest absolute Gasteiger partial charge is 2.00 e. The van der Waals surface area contributed by atoms with Crippen LogP contribution >= 0.6 is 0 Å². The Labute approximate surface area is 166 Å². The minimum Gasteiger partial charge on any atom is -1.00 e. The van der Waals surface area contributed by atoms with E-state index < -0.39 is 0 Å². The van der Waals surface area contributed by atoms with Crippen LogP contribution in [-0.4, -0.2) is 43.1 Å².